The van der Waals surface area contributed by atoms with Gasteiger partial charge >= 0.3 is 0 Å². The van der Waals surface area contributed by atoms with Gasteiger partial charge in [-0.1, -0.05) is 25.5 Å². The molecular weight excluding hydrogens is 314 g/mol. The molecule has 1 aromatic carbocycles. The van der Waals surface area contributed by atoms with Crippen molar-refractivity contribution in [2.45, 2.75) is 71.1 Å². The smallest absolute Gasteiger partial charge is 0.217 e. The molecule has 1 amide bonds. The van der Waals surface area contributed by atoms with Gasteiger partial charge in [0.1, 0.15) is 5.75 Å². The first-order valence-electron chi connectivity index (χ1n) is 9.58. The maximum atomic E-state index is 11.8. The molecule has 1 heterocycles. The number of rotatable bonds is 4. The van der Waals surface area contributed by atoms with E-state index < -0.39 is 0 Å². The van der Waals surface area contributed by atoms with E-state index in [1.807, 2.05) is 19.1 Å². The lowest BCUT2D eigenvalue weighted by atomic mass is 9.66. The highest BCUT2D eigenvalue weighted by Gasteiger charge is 2.49. The fourth-order valence-electron chi connectivity index (χ4n) is 4.69. The summed E-state index contributed by atoms with van der Waals surface area (Å²) in [6, 6.07) is 8.20. The van der Waals surface area contributed by atoms with Crippen LogP contribution in [0.1, 0.15) is 65.0 Å². The van der Waals surface area contributed by atoms with E-state index in [-0.39, 0.29) is 23.7 Å². The Morgan fingerprint density at radius 3 is 2.68 bits per heavy atom. The van der Waals surface area contributed by atoms with Gasteiger partial charge in [0.2, 0.25) is 5.91 Å². The molecule has 2 aliphatic rings. The summed E-state index contributed by atoms with van der Waals surface area (Å²) in [5, 5.41) is 3.26. The highest BCUT2D eigenvalue weighted by Crippen LogP contribution is 2.47. The molecule has 2 fully saturated rings. The predicted molar refractivity (Wildman–Crippen MR) is 98.6 cm³/mol. The van der Waals surface area contributed by atoms with Gasteiger partial charge in [0, 0.05) is 24.8 Å². The van der Waals surface area contributed by atoms with Crippen molar-refractivity contribution in [2.24, 2.45) is 11.8 Å². The van der Waals surface area contributed by atoms with Crippen LogP contribution in [-0.2, 0) is 9.53 Å². The molecule has 1 aliphatic heterocycles. The Balaban J connectivity index is 1.84. The molecule has 25 heavy (non-hydrogen) atoms. The Bertz CT molecular complexity index is 600. The summed E-state index contributed by atoms with van der Waals surface area (Å²) in [5.74, 6) is 2.01. The van der Waals surface area contributed by atoms with Gasteiger partial charge in [0.15, 0.2) is 0 Å². The van der Waals surface area contributed by atoms with E-state index >= 15 is 0 Å². The van der Waals surface area contributed by atoms with Crippen molar-refractivity contribution in [3.05, 3.63) is 29.8 Å². The summed E-state index contributed by atoms with van der Waals surface area (Å²) in [4.78, 5) is 11.8. The number of carbonyl (C=O) groups excluding carboxylic acids is 1. The lowest BCUT2D eigenvalue weighted by Crippen LogP contribution is -2.60. The van der Waals surface area contributed by atoms with Crippen molar-refractivity contribution in [2.75, 3.05) is 6.61 Å². The minimum Gasteiger partial charge on any atom is -0.494 e. The van der Waals surface area contributed by atoms with Crippen LogP contribution in [0.3, 0.4) is 0 Å². The number of hydrogen-bond donors (Lipinski definition) is 1. The zero-order valence-electron chi connectivity index (χ0n) is 15.9. The Labute approximate surface area is 151 Å². The molecule has 1 aromatic rings. The summed E-state index contributed by atoms with van der Waals surface area (Å²) in [6.07, 6.45) is 4.46. The molecule has 3 rings (SSSR count). The molecule has 1 saturated heterocycles. The van der Waals surface area contributed by atoms with Crippen molar-refractivity contribution in [1.82, 2.24) is 5.32 Å². The second-order valence-electron chi connectivity index (χ2n) is 7.99. The summed E-state index contributed by atoms with van der Waals surface area (Å²) in [6.45, 7) is 8.78. The highest BCUT2D eigenvalue weighted by atomic mass is 16.5. The third kappa shape index (κ3) is 4.00. The van der Waals surface area contributed by atoms with Crippen LogP contribution in [0.5, 0.6) is 5.75 Å². The molecule has 0 unspecified atom stereocenters. The van der Waals surface area contributed by atoms with Crippen LogP contribution in [0.4, 0.5) is 0 Å². The molecule has 1 N–H and O–H groups in total. The lowest BCUT2D eigenvalue weighted by Gasteiger charge is -2.52. The molecule has 5 atom stereocenters. The quantitative estimate of drug-likeness (QED) is 0.887. The maximum Gasteiger partial charge on any atom is 0.217 e. The van der Waals surface area contributed by atoms with E-state index in [1.54, 1.807) is 6.92 Å². The summed E-state index contributed by atoms with van der Waals surface area (Å²) >= 11 is 0. The Hall–Kier alpha value is -1.55. The van der Waals surface area contributed by atoms with E-state index in [1.165, 1.54) is 6.42 Å². The van der Waals surface area contributed by atoms with Gasteiger partial charge in [-0.25, -0.2) is 0 Å². The van der Waals surface area contributed by atoms with Crippen LogP contribution >= 0.6 is 0 Å². The third-order valence-corrected chi connectivity index (χ3v) is 5.85. The minimum absolute atomic E-state index is 0.0130. The van der Waals surface area contributed by atoms with Crippen LogP contribution in [0.15, 0.2) is 24.3 Å². The van der Waals surface area contributed by atoms with Crippen molar-refractivity contribution in [1.29, 1.82) is 0 Å². The second-order valence-corrected chi connectivity index (χ2v) is 7.99. The number of nitrogens with one attached hydrogen (secondary N) is 1. The highest BCUT2D eigenvalue weighted by molar-refractivity contribution is 5.73. The third-order valence-electron chi connectivity index (χ3n) is 5.85. The number of benzene rings is 1. The van der Waals surface area contributed by atoms with E-state index in [4.69, 9.17) is 9.47 Å². The average molecular weight is 345 g/mol. The summed E-state index contributed by atoms with van der Waals surface area (Å²) in [5.41, 5.74) is 0.953. The van der Waals surface area contributed by atoms with Crippen LogP contribution in [0, 0.1) is 11.8 Å². The Kier molecular flexibility index (Phi) is 5.38. The zero-order chi connectivity index (χ0) is 18.0. The molecule has 0 spiro atoms. The average Bonchev–Trinajstić information content (AvgIpc) is 2.54. The van der Waals surface area contributed by atoms with Crippen LogP contribution < -0.4 is 10.1 Å². The molecule has 4 nitrogen and oxygen atoms in total. The Morgan fingerprint density at radius 2 is 2.04 bits per heavy atom. The normalized spacial score (nSPS) is 34.9. The fraction of sp³-hybridized carbons (Fsp3) is 0.667. The Morgan fingerprint density at radius 1 is 1.32 bits per heavy atom. The van der Waals surface area contributed by atoms with E-state index in [0.717, 1.165) is 30.6 Å². The number of hydrogen-bond acceptors (Lipinski definition) is 3. The molecule has 4 heteroatoms. The van der Waals surface area contributed by atoms with Gasteiger partial charge < -0.3 is 14.8 Å². The van der Waals surface area contributed by atoms with Gasteiger partial charge in [0.05, 0.1) is 18.8 Å². The van der Waals surface area contributed by atoms with E-state index in [0.29, 0.717) is 18.4 Å². The van der Waals surface area contributed by atoms with Gasteiger partial charge in [-0.2, -0.15) is 0 Å². The molecular formula is C21H31NO3. The maximum absolute atomic E-state index is 11.8. The largest absolute Gasteiger partial charge is 0.494 e. The second kappa shape index (κ2) is 7.36. The van der Waals surface area contributed by atoms with Crippen LogP contribution in [0.2, 0.25) is 0 Å². The number of carbonyl (C=O) groups is 1. The SMILES string of the molecule is CCOc1ccc([C@H]2C[C@](C)(NC(C)=O)[C@@H]3CC[C@@H](C)C[C@H]3O2)cc1. The predicted octanol–water partition coefficient (Wildman–Crippen LogP) is 4.25. The molecule has 1 saturated carbocycles. The van der Waals surface area contributed by atoms with E-state index in [2.05, 4.69) is 31.3 Å². The topological polar surface area (TPSA) is 47.6 Å². The fourth-order valence-corrected chi connectivity index (χ4v) is 4.69. The van der Waals surface area contributed by atoms with Crippen LogP contribution in [0.25, 0.3) is 0 Å². The zero-order valence-corrected chi connectivity index (χ0v) is 15.9. The molecule has 138 valence electrons. The molecule has 1 aliphatic carbocycles. The summed E-state index contributed by atoms with van der Waals surface area (Å²) < 4.78 is 12.1. The van der Waals surface area contributed by atoms with Crippen LogP contribution in [-0.4, -0.2) is 24.2 Å². The first-order chi connectivity index (χ1) is 11.9. The van der Waals surface area contributed by atoms with Gasteiger partial charge in [-0.3, -0.25) is 4.79 Å². The van der Waals surface area contributed by atoms with Crippen molar-refractivity contribution in [3.8, 4) is 5.75 Å². The van der Waals surface area contributed by atoms with Gasteiger partial charge in [-0.15, -0.1) is 0 Å². The van der Waals surface area contributed by atoms with Gasteiger partial charge in [0.25, 0.3) is 0 Å². The molecule has 0 aromatic heterocycles. The number of fused-ring (bicyclic) bond motifs is 1. The standard InChI is InChI=1S/C21H31NO3/c1-5-24-17-9-7-16(8-10-17)20-13-21(4,22-15(3)23)18-11-6-14(2)12-19(18)25-20/h7-10,14,18-20H,5-6,11-13H2,1-4H3,(H,22,23)/t14-,18-,19-,20-,21+/m1/s1. The van der Waals surface area contributed by atoms with Crippen molar-refractivity contribution >= 4 is 5.91 Å². The van der Waals surface area contributed by atoms with Gasteiger partial charge in [-0.05, 0) is 50.3 Å². The number of amides is 1. The minimum atomic E-state index is -0.210. The lowest BCUT2D eigenvalue weighted by molar-refractivity contribution is -0.153. The van der Waals surface area contributed by atoms with Crippen molar-refractivity contribution < 1.29 is 14.3 Å². The van der Waals surface area contributed by atoms with Crippen molar-refractivity contribution in [3.63, 3.8) is 0 Å². The monoisotopic (exact) mass is 345 g/mol. The summed E-state index contributed by atoms with van der Waals surface area (Å²) in [7, 11) is 0. The first-order valence-corrected chi connectivity index (χ1v) is 9.58. The van der Waals surface area contributed by atoms with E-state index in [9.17, 15) is 4.79 Å². The molecule has 0 radical (unpaired) electrons. The first kappa shape index (κ1) is 18.2. The molecule has 0 bridgehead atoms. The number of ether oxygens (including phenoxy) is 2.